The molecule has 3 nitrogen and oxygen atoms in total. The molecule has 0 aliphatic carbocycles. The molecule has 1 atom stereocenters. The van der Waals surface area contributed by atoms with E-state index in [2.05, 4.69) is 9.88 Å². The van der Waals surface area contributed by atoms with Crippen molar-refractivity contribution in [3.05, 3.63) is 30.1 Å². The summed E-state index contributed by atoms with van der Waals surface area (Å²) in [6.45, 7) is 3.44. The lowest BCUT2D eigenvalue weighted by Gasteiger charge is -2.15. The number of nitrogens with zero attached hydrogens (tertiary/aromatic N) is 2. The highest BCUT2D eigenvalue weighted by Gasteiger charge is 2.21. The van der Waals surface area contributed by atoms with Crippen LogP contribution < -0.4 is 0 Å². The molecule has 0 radical (unpaired) electrons. The first-order valence-corrected chi connectivity index (χ1v) is 5.10. The maximum atomic E-state index is 9.01. The predicted molar refractivity (Wildman–Crippen MR) is 54.7 cm³/mol. The van der Waals surface area contributed by atoms with E-state index in [0.717, 1.165) is 26.1 Å². The molecule has 0 spiro atoms. The minimum Gasteiger partial charge on any atom is -0.396 e. The zero-order chi connectivity index (χ0) is 9.80. The number of aliphatic hydroxyl groups excluding tert-OH is 1. The highest BCUT2D eigenvalue weighted by molar-refractivity contribution is 5.09. The summed E-state index contributed by atoms with van der Waals surface area (Å²) in [5.74, 6) is 0.483. The molecule has 1 saturated heterocycles. The van der Waals surface area contributed by atoms with Gasteiger partial charge in [0.05, 0.1) is 0 Å². The second-order valence-electron chi connectivity index (χ2n) is 3.93. The Kier molecular flexibility index (Phi) is 3.11. The van der Waals surface area contributed by atoms with Gasteiger partial charge in [-0.2, -0.15) is 0 Å². The number of aliphatic hydroxyl groups is 1. The lowest BCUT2D eigenvalue weighted by Crippen LogP contribution is -2.20. The zero-order valence-electron chi connectivity index (χ0n) is 8.26. The molecule has 1 fully saturated rings. The molecular formula is C11H16N2O. The van der Waals surface area contributed by atoms with Gasteiger partial charge in [-0.15, -0.1) is 0 Å². The average molecular weight is 192 g/mol. The van der Waals surface area contributed by atoms with E-state index in [1.165, 1.54) is 5.56 Å². The number of likely N-dealkylation sites (tertiary alicyclic amines) is 1. The van der Waals surface area contributed by atoms with Crippen LogP contribution in [0.1, 0.15) is 12.0 Å². The van der Waals surface area contributed by atoms with Gasteiger partial charge in [0, 0.05) is 32.1 Å². The van der Waals surface area contributed by atoms with E-state index < -0.39 is 0 Å². The number of aromatic nitrogens is 1. The fourth-order valence-electron chi connectivity index (χ4n) is 1.95. The van der Waals surface area contributed by atoms with Gasteiger partial charge < -0.3 is 5.11 Å². The summed E-state index contributed by atoms with van der Waals surface area (Å²) in [5.41, 5.74) is 1.30. The first kappa shape index (κ1) is 9.62. The Morgan fingerprint density at radius 1 is 1.43 bits per heavy atom. The minimum atomic E-state index is 0.326. The van der Waals surface area contributed by atoms with Crippen molar-refractivity contribution >= 4 is 0 Å². The fourth-order valence-corrected chi connectivity index (χ4v) is 1.95. The van der Waals surface area contributed by atoms with Gasteiger partial charge >= 0.3 is 0 Å². The molecule has 14 heavy (non-hydrogen) atoms. The van der Waals surface area contributed by atoms with Gasteiger partial charge in [-0.05, 0) is 36.6 Å². The van der Waals surface area contributed by atoms with Crippen molar-refractivity contribution < 1.29 is 5.11 Å². The largest absolute Gasteiger partial charge is 0.396 e. The van der Waals surface area contributed by atoms with E-state index in [1.807, 2.05) is 24.5 Å². The molecule has 2 heterocycles. The molecule has 1 aliphatic rings. The van der Waals surface area contributed by atoms with Crippen LogP contribution in [0.4, 0.5) is 0 Å². The van der Waals surface area contributed by atoms with Gasteiger partial charge in [0.2, 0.25) is 0 Å². The van der Waals surface area contributed by atoms with E-state index >= 15 is 0 Å². The molecule has 1 aromatic rings. The monoisotopic (exact) mass is 192 g/mol. The van der Waals surface area contributed by atoms with Crippen molar-refractivity contribution in [2.24, 2.45) is 5.92 Å². The number of rotatable bonds is 3. The second kappa shape index (κ2) is 4.53. The van der Waals surface area contributed by atoms with Crippen LogP contribution in [0.25, 0.3) is 0 Å². The molecule has 0 bridgehead atoms. The van der Waals surface area contributed by atoms with Gasteiger partial charge in [-0.1, -0.05) is 0 Å². The summed E-state index contributed by atoms with van der Waals surface area (Å²) in [6, 6.07) is 4.10. The van der Waals surface area contributed by atoms with Crippen molar-refractivity contribution in [1.82, 2.24) is 9.88 Å². The minimum absolute atomic E-state index is 0.326. The Labute approximate surface area is 84.4 Å². The third-order valence-corrected chi connectivity index (χ3v) is 2.78. The molecule has 0 amide bonds. The Balaban J connectivity index is 1.88. The standard InChI is InChI=1S/C11H16N2O/c14-9-11-3-6-13(8-11)7-10-1-4-12-5-2-10/h1-2,4-5,11,14H,3,6-9H2/t11-/m0/s1. The first-order chi connectivity index (χ1) is 6.88. The smallest absolute Gasteiger partial charge is 0.0471 e. The summed E-state index contributed by atoms with van der Waals surface area (Å²) in [7, 11) is 0. The third-order valence-electron chi connectivity index (χ3n) is 2.78. The summed E-state index contributed by atoms with van der Waals surface area (Å²) < 4.78 is 0. The lowest BCUT2D eigenvalue weighted by atomic mass is 10.1. The Hall–Kier alpha value is -0.930. The van der Waals surface area contributed by atoms with Gasteiger partial charge in [0.25, 0.3) is 0 Å². The molecule has 3 heteroatoms. The van der Waals surface area contributed by atoms with E-state index in [9.17, 15) is 0 Å². The van der Waals surface area contributed by atoms with Gasteiger partial charge in [0.15, 0.2) is 0 Å². The Morgan fingerprint density at radius 2 is 2.21 bits per heavy atom. The first-order valence-electron chi connectivity index (χ1n) is 5.10. The van der Waals surface area contributed by atoms with E-state index in [0.29, 0.717) is 12.5 Å². The summed E-state index contributed by atoms with van der Waals surface area (Å²) >= 11 is 0. The quantitative estimate of drug-likeness (QED) is 0.773. The van der Waals surface area contributed by atoms with E-state index in [-0.39, 0.29) is 0 Å². The van der Waals surface area contributed by atoms with Crippen molar-refractivity contribution in [3.8, 4) is 0 Å². The molecule has 0 unspecified atom stereocenters. The molecule has 1 aromatic heterocycles. The van der Waals surface area contributed by atoms with Crippen molar-refractivity contribution in [2.45, 2.75) is 13.0 Å². The van der Waals surface area contributed by atoms with E-state index in [4.69, 9.17) is 5.11 Å². The molecule has 1 N–H and O–H groups in total. The van der Waals surface area contributed by atoms with Crippen LogP contribution in [0, 0.1) is 5.92 Å². The third kappa shape index (κ3) is 2.30. The van der Waals surface area contributed by atoms with Crippen LogP contribution in [-0.4, -0.2) is 34.7 Å². The summed E-state index contributed by atoms with van der Waals surface area (Å²) in [4.78, 5) is 6.38. The molecule has 2 rings (SSSR count). The van der Waals surface area contributed by atoms with Crippen molar-refractivity contribution in [3.63, 3.8) is 0 Å². The van der Waals surface area contributed by atoms with E-state index in [1.54, 1.807) is 0 Å². The molecule has 76 valence electrons. The SMILES string of the molecule is OC[C@H]1CCN(Cc2ccncc2)C1. The number of hydrogen-bond acceptors (Lipinski definition) is 3. The second-order valence-corrected chi connectivity index (χ2v) is 3.93. The summed E-state index contributed by atoms with van der Waals surface area (Å²) in [6.07, 6.45) is 4.78. The van der Waals surface area contributed by atoms with Crippen molar-refractivity contribution in [2.75, 3.05) is 19.7 Å². The van der Waals surface area contributed by atoms with Gasteiger partial charge in [-0.3, -0.25) is 9.88 Å². The molecular weight excluding hydrogens is 176 g/mol. The highest BCUT2D eigenvalue weighted by Crippen LogP contribution is 2.17. The lowest BCUT2D eigenvalue weighted by molar-refractivity contribution is 0.220. The van der Waals surface area contributed by atoms with Crippen LogP contribution in [0.5, 0.6) is 0 Å². The topological polar surface area (TPSA) is 36.4 Å². The fraction of sp³-hybridized carbons (Fsp3) is 0.545. The maximum absolute atomic E-state index is 9.01. The highest BCUT2D eigenvalue weighted by atomic mass is 16.3. The average Bonchev–Trinajstić information content (AvgIpc) is 2.67. The van der Waals surface area contributed by atoms with Crippen LogP contribution in [0.2, 0.25) is 0 Å². The zero-order valence-corrected chi connectivity index (χ0v) is 8.26. The molecule has 0 saturated carbocycles. The summed E-state index contributed by atoms with van der Waals surface area (Å²) in [5, 5.41) is 9.01. The van der Waals surface area contributed by atoms with Gasteiger partial charge in [0.1, 0.15) is 0 Å². The number of pyridine rings is 1. The van der Waals surface area contributed by atoms with Crippen molar-refractivity contribution in [1.29, 1.82) is 0 Å². The molecule has 1 aliphatic heterocycles. The Bertz CT molecular complexity index is 276. The van der Waals surface area contributed by atoms with Crippen LogP contribution in [0.15, 0.2) is 24.5 Å². The molecule has 0 aromatic carbocycles. The van der Waals surface area contributed by atoms with Gasteiger partial charge in [-0.25, -0.2) is 0 Å². The Morgan fingerprint density at radius 3 is 2.86 bits per heavy atom. The predicted octanol–water partition coefficient (Wildman–Crippen LogP) is 0.896. The number of hydrogen-bond donors (Lipinski definition) is 1. The maximum Gasteiger partial charge on any atom is 0.0471 e. The van der Waals surface area contributed by atoms with Crippen LogP contribution in [0.3, 0.4) is 0 Å². The van der Waals surface area contributed by atoms with Crippen LogP contribution >= 0.6 is 0 Å². The van der Waals surface area contributed by atoms with Crippen LogP contribution in [-0.2, 0) is 6.54 Å². The normalized spacial score (nSPS) is 22.8.